The van der Waals surface area contributed by atoms with E-state index in [1.165, 1.54) is 32.4 Å². The van der Waals surface area contributed by atoms with Crippen LogP contribution in [0.2, 0.25) is 0 Å². The standard InChI is InChI=1S/C18H14O6/c1-22-15-7-10(3-5-13(15)19)8-16-17(20)12-9-11(18(21)23-2)4-6-14(12)24-16/h3-9,19H,1-2H3/b16-8+. The fourth-order valence-corrected chi connectivity index (χ4v) is 2.37. The summed E-state index contributed by atoms with van der Waals surface area (Å²) in [7, 11) is 2.71. The van der Waals surface area contributed by atoms with Crippen molar-refractivity contribution in [1.29, 1.82) is 0 Å². The van der Waals surface area contributed by atoms with Gasteiger partial charge in [-0.25, -0.2) is 4.79 Å². The Labute approximate surface area is 137 Å². The molecule has 0 saturated heterocycles. The van der Waals surface area contributed by atoms with E-state index in [4.69, 9.17) is 9.47 Å². The van der Waals surface area contributed by atoms with Gasteiger partial charge in [0.15, 0.2) is 17.3 Å². The van der Waals surface area contributed by atoms with E-state index in [-0.39, 0.29) is 22.9 Å². The molecular weight excluding hydrogens is 312 g/mol. The fourth-order valence-electron chi connectivity index (χ4n) is 2.37. The van der Waals surface area contributed by atoms with Gasteiger partial charge in [0.1, 0.15) is 5.75 Å². The molecule has 122 valence electrons. The third-order valence-electron chi connectivity index (χ3n) is 3.59. The number of phenols is 1. The smallest absolute Gasteiger partial charge is 0.337 e. The number of hydrogen-bond acceptors (Lipinski definition) is 6. The Bertz CT molecular complexity index is 866. The van der Waals surface area contributed by atoms with Gasteiger partial charge in [-0.1, -0.05) is 6.07 Å². The Morgan fingerprint density at radius 3 is 2.67 bits per heavy atom. The molecule has 0 aromatic heterocycles. The summed E-state index contributed by atoms with van der Waals surface area (Å²) in [4.78, 5) is 24.0. The number of Topliss-reactive ketones (excluding diaryl/α,β-unsaturated/α-hetero) is 1. The van der Waals surface area contributed by atoms with Crippen molar-refractivity contribution in [3.63, 3.8) is 0 Å². The van der Waals surface area contributed by atoms with E-state index in [0.29, 0.717) is 22.6 Å². The Balaban J connectivity index is 1.94. The number of aromatic hydroxyl groups is 1. The summed E-state index contributed by atoms with van der Waals surface area (Å²) in [6, 6.07) is 9.21. The number of hydrogen-bond donors (Lipinski definition) is 1. The van der Waals surface area contributed by atoms with Crippen molar-refractivity contribution in [3.05, 3.63) is 58.8 Å². The van der Waals surface area contributed by atoms with E-state index < -0.39 is 5.97 Å². The first-order valence-corrected chi connectivity index (χ1v) is 7.07. The van der Waals surface area contributed by atoms with Gasteiger partial charge in [0.25, 0.3) is 0 Å². The highest BCUT2D eigenvalue weighted by molar-refractivity contribution is 6.15. The second-order valence-electron chi connectivity index (χ2n) is 5.07. The van der Waals surface area contributed by atoms with Crippen LogP contribution in [-0.2, 0) is 4.74 Å². The lowest BCUT2D eigenvalue weighted by atomic mass is 10.1. The average Bonchev–Trinajstić information content (AvgIpc) is 2.91. The van der Waals surface area contributed by atoms with Gasteiger partial charge in [-0.3, -0.25) is 4.79 Å². The summed E-state index contributed by atoms with van der Waals surface area (Å²) in [5.74, 6) is -0.0527. The molecule has 2 aromatic rings. The SMILES string of the molecule is COC(=O)c1ccc2c(c1)C(=O)/C(=C\c1ccc(O)c(OC)c1)O2. The van der Waals surface area contributed by atoms with Crippen LogP contribution in [0.25, 0.3) is 6.08 Å². The summed E-state index contributed by atoms with van der Waals surface area (Å²) in [5.41, 5.74) is 1.21. The molecule has 0 fully saturated rings. The second kappa shape index (κ2) is 6.08. The first-order valence-electron chi connectivity index (χ1n) is 7.07. The largest absolute Gasteiger partial charge is 0.504 e. The maximum atomic E-state index is 12.5. The number of allylic oxidation sites excluding steroid dienone is 1. The van der Waals surface area contributed by atoms with Crippen molar-refractivity contribution in [2.45, 2.75) is 0 Å². The number of fused-ring (bicyclic) bond motifs is 1. The summed E-state index contributed by atoms with van der Waals surface area (Å²) < 4.78 is 15.2. The molecule has 0 bridgehead atoms. The molecule has 1 heterocycles. The molecule has 6 heteroatoms. The molecule has 6 nitrogen and oxygen atoms in total. The van der Waals surface area contributed by atoms with Gasteiger partial charge in [-0.05, 0) is 42.0 Å². The van der Waals surface area contributed by atoms with Gasteiger partial charge < -0.3 is 19.3 Å². The Hall–Kier alpha value is -3.28. The van der Waals surface area contributed by atoms with Gasteiger partial charge in [-0.15, -0.1) is 0 Å². The Kier molecular flexibility index (Phi) is 3.95. The number of methoxy groups -OCH3 is 2. The van der Waals surface area contributed by atoms with Crippen LogP contribution in [0.3, 0.4) is 0 Å². The highest BCUT2D eigenvalue weighted by atomic mass is 16.5. The van der Waals surface area contributed by atoms with Crippen molar-refractivity contribution >= 4 is 17.8 Å². The predicted octanol–water partition coefficient (Wildman–Crippen LogP) is 2.80. The summed E-state index contributed by atoms with van der Waals surface area (Å²) in [6.45, 7) is 0. The molecule has 1 aliphatic heterocycles. The van der Waals surface area contributed by atoms with E-state index in [2.05, 4.69) is 4.74 Å². The number of ether oxygens (including phenoxy) is 3. The van der Waals surface area contributed by atoms with Crippen molar-refractivity contribution in [2.24, 2.45) is 0 Å². The first-order chi connectivity index (χ1) is 11.5. The lowest BCUT2D eigenvalue weighted by Crippen LogP contribution is -2.02. The second-order valence-corrected chi connectivity index (χ2v) is 5.07. The summed E-state index contributed by atoms with van der Waals surface area (Å²) in [6.07, 6.45) is 1.54. The molecule has 0 saturated carbocycles. The summed E-state index contributed by atoms with van der Waals surface area (Å²) in [5, 5.41) is 9.61. The van der Waals surface area contributed by atoms with E-state index in [9.17, 15) is 14.7 Å². The molecule has 3 rings (SSSR count). The number of ketones is 1. The van der Waals surface area contributed by atoms with E-state index in [0.717, 1.165) is 0 Å². The molecule has 2 aromatic carbocycles. The average molecular weight is 326 g/mol. The van der Waals surface area contributed by atoms with Gasteiger partial charge >= 0.3 is 5.97 Å². The fraction of sp³-hybridized carbons (Fsp3) is 0.111. The lowest BCUT2D eigenvalue weighted by molar-refractivity contribution is 0.0600. The van der Waals surface area contributed by atoms with Crippen LogP contribution in [-0.4, -0.2) is 31.1 Å². The molecule has 1 aliphatic rings. The number of esters is 1. The van der Waals surface area contributed by atoms with Crippen LogP contribution in [0.5, 0.6) is 17.2 Å². The van der Waals surface area contributed by atoms with Gasteiger partial charge in [0.05, 0.1) is 25.3 Å². The molecule has 0 radical (unpaired) electrons. The molecular formula is C18H14O6. The number of benzene rings is 2. The number of rotatable bonds is 3. The normalized spacial score (nSPS) is 14.2. The Morgan fingerprint density at radius 2 is 1.96 bits per heavy atom. The van der Waals surface area contributed by atoms with Crippen molar-refractivity contribution in [3.8, 4) is 17.2 Å². The number of carbonyl (C=O) groups excluding carboxylic acids is 2. The summed E-state index contributed by atoms with van der Waals surface area (Å²) >= 11 is 0. The van der Waals surface area contributed by atoms with Gasteiger partial charge in [0, 0.05) is 0 Å². The third kappa shape index (κ3) is 2.69. The minimum absolute atomic E-state index is 0.00400. The first kappa shape index (κ1) is 15.6. The lowest BCUT2D eigenvalue weighted by Gasteiger charge is -2.04. The van der Waals surface area contributed by atoms with E-state index in [1.54, 1.807) is 24.3 Å². The zero-order valence-electron chi connectivity index (χ0n) is 13.0. The third-order valence-corrected chi connectivity index (χ3v) is 3.59. The zero-order chi connectivity index (χ0) is 17.3. The van der Waals surface area contributed by atoms with E-state index in [1.807, 2.05) is 0 Å². The van der Waals surface area contributed by atoms with Crippen molar-refractivity contribution in [1.82, 2.24) is 0 Å². The van der Waals surface area contributed by atoms with Crippen molar-refractivity contribution < 1.29 is 28.9 Å². The monoisotopic (exact) mass is 326 g/mol. The molecule has 0 spiro atoms. The minimum atomic E-state index is -0.522. The van der Waals surface area contributed by atoms with Crippen LogP contribution in [0.1, 0.15) is 26.3 Å². The van der Waals surface area contributed by atoms with Crippen LogP contribution >= 0.6 is 0 Å². The van der Waals surface area contributed by atoms with E-state index >= 15 is 0 Å². The van der Waals surface area contributed by atoms with Gasteiger partial charge in [0.2, 0.25) is 5.78 Å². The number of carbonyl (C=O) groups is 2. The van der Waals surface area contributed by atoms with Crippen LogP contribution in [0.15, 0.2) is 42.2 Å². The highest BCUT2D eigenvalue weighted by Gasteiger charge is 2.28. The van der Waals surface area contributed by atoms with Crippen LogP contribution < -0.4 is 9.47 Å². The maximum Gasteiger partial charge on any atom is 0.337 e. The zero-order valence-corrected chi connectivity index (χ0v) is 13.0. The quantitative estimate of drug-likeness (QED) is 0.690. The van der Waals surface area contributed by atoms with Crippen LogP contribution in [0.4, 0.5) is 0 Å². The molecule has 0 amide bonds. The highest BCUT2D eigenvalue weighted by Crippen LogP contribution is 2.34. The molecule has 0 aliphatic carbocycles. The molecule has 0 unspecified atom stereocenters. The molecule has 1 N–H and O–H groups in total. The molecule has 24 heavy (non-hydrogen) atoms. The minimum Gasteiger partial charge on any atom is -0.504 e. The number of phenolic OH excluding ortho intramolecular Hbond substituents is 1. The Morgan fingerprint density at radius 1 is 1.17 bits per heavy atom. The maximum absolute atomic E-state index is 12.5. The van der Waals surface area contributed by atoms with Crippen LogP contribution in [0, 0.1) is 0 Å². The van der Waals surface area contributed by atoms with Gasteiger partial charge in [-0.2, -0.15) is 0 Å². The predicted molar refractivity (Wildman–Crippen MR) is 85.4 cm³/mol. The van der Waals surface area contributed by atoms with Crippen molar-refractivity contribution in [2.75, 3.05) is 14.2 Å². The molecule has 0 atom stereocenters. The topological polar surface area (TPSA) is 82.1 Å².